The molecule has 23 heavy (non-hydrogen) atoms. The molecular weight excluding hydrogens is 388 g/mol. The van der Waals surface area contributed by atoms with Crippen molar-refractivity contribution in [2.75, 3.05) is 10.7 Å². The highest BCUT2D eigenvalue weighted by atomic mass is 79.9. The van der Waals surface area contributed by atoms with Gasteiger partial charge < -0.3 is 4.74 Å². The van der Waals surface area contributed by atoms with Crippen LogP contribution in [0.25, 0.3) is 0 Å². The van der Waals surface area contributed by atoms with E-state index >= 15 is 0 Å². The number of halogens is 3. The van der Waals surface area contributed by atoms with Crippen LogP contribution in [-0.2, 0) is 4.79 Å². The third-order valence-electron chi connectivity index (χ3n) is 3.36. The van der Waals surface area contributed by atoms with Gasteiger partial charge in [0.2, 0.25) is 5.91 Å². The Kier molecular flexibility index (Phi) is 4.87. The Hall–Kier alpha value is -1.60. The lowest BCUT2D eigenvalue weighted by Gasteiger charge is -2.24. The van der Waals surface area contributed by atoms with E-state index in [4.69, 9.17) is 0 Å². The van der Waals surface area contributed by atoms with Gasteiger partial charge in [0.25, 0.3) is 0 Å². The lowest BCUT2D eigenvalue weighted by molar-refractivity contribution is -0.115. The van der Waals surface area contributed by atoms with Crippen LogP contribution >= 0.6 is 27.7 Å². The summed E-state index contributed by atoms with van der Waals surface area (Å²) in [5, 5.41) is -0.177. The first-order chi connectivity index (χ1) is 11.0. The Morgan fingerprint density at radius 1 is 1.13 bits per heavy atom. The fourth-order valence-electron chi connectivity index (χ4n) is 2.37. The highest BCUT2D eigenvalue weighted by Crippen LogP contribution is 2.42. The van der Waals surface area contributed by atoms with Crippen LogP contribution in [0.3, 0.4) is 0 Å². The minimum atomic E-state index is -2.84. The highest BCUT2D eigenvalue weighted by molar-refractivity contribution is 9.10. The van der Waals surface area contributed by atoms with Gasteiger partial charge in [-0.15, -0.1) is 11.8 Å². The molecule has 0 radical (unpaired) electrons. The largest absolute Gasteiger partial charge is 0.435 e. The first-order valence-electron chi connectivity index (χ1n) is 6.78. The Labute approximate surface area is 144 Å². The summed E-state index contributed by atoms with van der Waals surface area (Å²) >= 11 is 4.88. The van der Waals surface area contributed by atoms with Crippen LogP contribution in [0.2, 0.25) is 0 Å². The van der Waals surface area contributed by atoms with Gasteiger partial charge in [-0.1, -0.05) is 28.1 Å². The number of alkyl halides is 2. The Morgan fingerprint density at radius 2 is 1.78 bits per heavy atom. The zero-order chi connectivity index (χ0) is 16.4. The van der Waals surface area contributed by atoms with Gasteiger partial charge in [0.15, 0.2) is 0 Å². The van der Waals surface area contributed by atoms with Gasteiger partial charge >= 0.3 is 6.61 Å². The molecule has 0 aromatic heterocycles. The lowest BCUT2D eigenvalue weighted by Crippen LogP contribution is -2.27. The molecule has 0 saturated carbocycles. The fraction of sp³-hybridized carbons (Fsp3) is 0.188. The van der Waals surface area contributed by atoms with Crippen LogP contribution in [0, 0.1) is 0 Å². The molecule has 1 fully saturated rings. The van der Waals surface area contributed by atoms with E-state index in [0.717, 1.165) is 15.7 Å². The Morgan fingerprint density at radius 3 is 2.39 bits per heavy atom. The van der Waals surface area contributed by atoms with Gasteiger partial charge in [-0.05, 0) is 42.0 Å². The minimum Gasteiger partial charge on any atom is -0.435 e. The molecule has 0 bridgehead atoms. The molecule has 1 amide bonds. The van der Waals surface area contributed by atoms with Crippen LogP contribution in [-0.4, -0.2) is 18.3 Å². The topological polar surface area (TPSA) is 29.5 Å². The number of nitrogens with zero attached hydrogens (tertiary/aromatic N) is 1. The standard InChI is InChI=1S/C16H12BrF2NO2S/c17-11-3-5-12(6-4-11)20-14(21)9-23-15(20)10-1-7-13(8-2-10)22-16(18)19/h1-8,15-16H,9H2/t15-/m1/s1. The molecule has 1 aliphatic rings. The molecule has 2 aromatic carbocycles. The first kappa shape index (κ1) is 16.3. The number of hydrogen-bond acceptors (Lipinski definition) is 3. The van der Waals surface area contributed by atoms with Gasteiger partial charge in [-0.3, -0.25) is 9.69 Å². The highest BCUT2D eigenvalue weighted by Gasteiger charge is 2.33. The van der Waals surface area contributed by atoms with Crippen LogP contribution < -0.4 is 9.64 Å². The number of rotatable bonds is 4. The van der Waals surface area contributed by atoms with Crippen molar-refractivity contribution in [3.8, 4) is 5.75 Å². The predicted molar refractivity (Wildman–Crippen MR) is 89.9 cm³/mol. The van der Waals surface area contributed by atoms with E-state index in [2.05, 4.69) is 20.7 Å². The molecule has 0 unspecified atom stereocenters. The van der Waals surface area contributed by atoms with E-state index in [1.807, 2.05) is 24.3 Å². The van der Waals surface area contributed by atoms with Crippen molar-refractivity contribution in [3.63, 3.8) is 0 Å². The van der Waals surface area contributed by atoms with E-state index < -0.39 is 6.61 Å². The average Bonchev–Trinajstić information content (AvgIpc) is 2.90. The number of carbonyl (C=O) groups excluding carboxylic acids is 1. The maximum atomic E-state index is 12.2. The molecule has 1 aliphatic heterocycles. The number of benzene rings is 2. The van der Waals surface area contributed by atoms with Crippen LogP contribution in [0.15, 0.2) is 53.0 Å². The number of anilines is 1. The molecule has 3 nitrogen and oxygen atoms in total. The number of hydrogen-bond donors (Lipinski definition) is 0. The summed E-state index contributed by atoms with van der Waals surface area (Å²) in [6.07, 6.45) is 0. The molecule has 0 aliphatic carbocycles. The number of thioether (sulfide) groups is 1. The zero-order valence-corrected chi connectivity index (χ0v) is 14.2. The summed E-state index contributed by atoms with van der Waals surface area (Å²) in [6, 6.07) is 13.9. The van der Waals surface area contributed by atoms with Gasteiger partial charge in [-0.2, -0.15) is 8.78 Å². The van der Waals surface area contributed by atoms with E-state index in [-0.39, 0.29) is 17.0 Å². The van der Waals surface area contributed by atoms with Crippen molar-refractivity contribution in [3.05, 3.63) is 58.6 Å². The van der Waals surface area contributed by atoms with Gasteiger partial charge in [-0.25, -0.2) is 0 Å². The molecule has 7 heteroatoms. The quantitative estimate of drug-likeness (QED) is 0.737. The average molecular weight is 400 g/mol. The maximum absolute atomic E-state index is 12.2. The molecule has 0 N–H and O–H groups in total. The first-order valence-corrected chi connectivity index (χ1v) is 8.63. The fourth-order valence-corrected chi connectivity index (χ4v) is 3.81. The molecule has 1 atom stereocenters. The number of ether oxygens (including phenoxy) is 1. The summed E-state index contributed by atoms with van der Waals surface area (Å²) in [5.74, 6) is 0.513. The smallest absolute Gasteiger partial charge is 0.387 e. The summed E-state index contributed by atoms with van der Waals surface area (Å²) in [5.41, 5.74) is 1.67. The van der Waals surface area contributed by atoms with Crippen molar-refractivity contribution in [1.82, 2.24) is 0 Å². The van der Waals surface area contributed by atoms with Crippen molar-refractivity contribution in [2.45, 2.75) is 12.0 Å². The monoisotopic (exact) mass is 399 g/mol. The van der Waals surface area contributed by atoms with E-state index in [9.17, 15) is 13.6 Å². The third kappa shape index (κ3) is 3.67. The molecule has 0 spiro atoms. The van der Waals surface area contributed by atoms with E-state index in [0.29, 0.717) is 5.75 Å². The summed E-state index contributed by atoms with van der Waals surface area (Å²) < 4.78 is 29.7. The molecule has 120 valence electrons. The number of amides is 1. The molecule has 3 rings (SSSR count). The van der Waals surface area contributed by atoms with Crippen molar-refractivity contribution in [2.24, 2.45) is 0 Å². The second-order valence-corrected chi connectivity index (χ2v) is 6.84. The summed E-state index contributed by atoms with van der Waals surface area (Å²) in [7, 11) is 0. The second kappa shape index (κ2) is 6.88. The SMILES string of the molecule is O=C1CS[C@H](c2ccc(OC(F)F)cc2)N1c1ccc(Br)cc1. The van der Waals surface area contributed by atoms with Crippen LogP contribution in [0.4, 0.5) is 14.5 Å². The second-order valence-electron chi connectivity index (χ2n) is 4.85. The van der Waals surface area contributed by atoms with E-state index in [1.54, 1.807) is 17.0 Å². The maximum Gasteiger partial charge on any atom is 0.387 e. The lowest BCUT2D eigenvalue weighted by atomic mass is 10.2. The predicted octanol–water partition coefficient (Wildman–Crippen LogP) is 4.83. The number of carbonyl (C=O) groups is 1. The Bertz CT molecular complexity index is 694. The molecule has 1 saturated heterocycles. The van der Waals surface area contributed by atoms with Crippen LogP contribution in [0.5, 0.6) is 5.75 Å². The molecule has 2 aromatic rings. The van der Waals surface area contributed by atoms with Gasteiger partial charge in [0.05, 0.1) is 5.75 Å². The molecule has 1 heterocycles. The third-order valence-corrected chi connectivity index (χ3v) is 5.10. The minimum absolute atomic E-state index is 0.0234. The summed E-state index contributed by atoms with van der Waals surface area (Å²) in [6.45, 7) is -2.84. The van der Waals surface area contributed by atoms with E-state index in [1.165, 1.54) is 23.9 Å². The zero-order valence-electron chi connectivity index (χ0n) is 11.8. The van der Waals surface area contributed by atoms with Gasteiger partial charge in [0.1, 0.15) is 11.1 Å². The van der Waals surface area contributed by atoms with Crippen molar-refractivity contribution < 1.29 is 18.3 Å². The van der Waals surface area contributed by atoms with Crippen molar-refractivity contribution >= 4 is 39.3 Å². The molecular formula is C16H12BrF2NO2S. The summed E-state index contributed by atoms with van der Waals surface area (Å²) in [4.78, 5) is 13.9. The van der Waals surface area contributed by atoms with Crippen LogP contribution in [0.1, 0.15) is 10.9 Å². The normalized spacial score (nSPS) is 17.8. The van der Waals surface area contributed by atoms with Gasteiger partial charge in [0, 0.05) is 10.2 Å². The Balaban J connectivity index is 1.85. The van der Waals surface area contributed by atoms with Crippen molar-refractivity contribution in [1.29, 1.82) is 0 Å².